The molecule has 2 aliphatic rings. The van der Waals surface area contributed by atoms with Crippen molar-refractivity contribution in [2.24, 2.45) is 0 Å². The van der Waals surface area contributed by atoms with Crippen molar-refractivity contribution in [3.63, 3.8) is 0 Å². The van der Waals surface area contributed by atoms with Gasteiger partial charge in [0.25, 0.3) is 0 Å². The van der Waals surface area contributed by atoms with E-state index in [9.17, 15) is 0 Å². The van der Waals surface area contributed by atoms with E-state index in [1.165, 1.54) is 50.1 Å². The highest BCUT2D eigenvalue weighted by Crippen LogP contribution is 2.63. The first-order chi connectivity index (χ1) is 34.7. The molecular formula is C67H41NO2. The van der Waals surface area contributed by atoms with Crippen LogP contribution in [0.5, 0.6) is 0 Å². The summed E-state index contributed by atoms with van der Waals surface area (Å²) in [6.07, 6.45) is 0. The first kappa shape index (κ1) is 38.9. The largest absolute Gasteiger partial charge is 0.456 e. The number of anilines is 3. The third kappa shape index (κ3) is 5.46. The van der Waals surface area contributed by atoms with Crippen LogP contribution in [0.25, 0.3) is 99.5 Å². The minimum absolute atomic E-state index is 0.487. The van der Waals surface area contributed by atoms with Crippen molar-refractivity contribution in [1.82, 2.24) is 0 Å². The average Bonchev–Trinajstić information content (AvgIpc) is 4.16. The number of hydrogen-bond donors (Lipinski definition) is 0. The molecule has 0 amide bonds. The minimum Gasteiger partial charge on any atom is -0.456 e. The van der Waals surface area contributed by atoms with E-state index in [2.05, 4.69) is 248 Å². The van der Waals surface area contributed by atoms with Crippen LogP contribution in [-0.2, 0) is 5.41 Å². The van der Waals surface area contributed by atoms with Crippen molar-refractivity contribution in [1.29, 1.82) is 0 Å². The average molecular weight is 892 g/mol. The predicted molar refractivity (Wildman–Crippen MR) is 288 cm³/mol. The zero-order chi connectivity index (χ0) is 45.9. The van der Waals surface area contributed by atoms with Crippen LogP contribution in [0.3, 0.4) is 0 Å². The van der Waals surface area contributed by atoms with Gasteiger partial charge in [-0.1, -0.05) is 200 Å². The molecule has 0 unspecified atom stereocenters. The van der Waals surface area contributed by atoms with Gasteiger partial charge in [0.1, 0.15) is 22.3 Å². The summed E-state index contributed by atoms with van der Waals surface area (Å²) in [5.74, 6) is 0. The summed E-state index contributed by atoms with van der Waals surface area (Å²) in [7, 11) is 0. The molecule has 326 valence electrons. The summed E-state index contributed by atoms with van der Waals surface area (Å²) in [5.41, 5.74) is 23.1. The van der Waals surface area contributed by atoms with Gasteiger partial charge in [0.05, 0.1) is 11.1 Å². The lowest BCUT2D eigenvalue weighted by Gasteiger charge is -2.32. The molecule has 2 aliphatic carbocycles. The summed E-state index contributed by atoms with van der Waals surface area (Å²) >= 11 is 0. The van der Waals surface area contributed by atoms with E-state index in [1.54, 1.807) is 0 Å². The van der Waals surface area contributed by atoms with Gasteiger partial charge in [-0.15, -0.1) is 0 Å². The summed E-state index contributed by atoms with van der Waals surface area (Å²) in [4.78, 5) is 2.43. The fourth-order valence-corrected chi connectivity index (χ4v) is 12.2. The predicted octanol–water partition coefficient (Wildman–Crippen LogP) is 18.3. The van der Waals surface area contributed by atoms with E-state index >= 15 is 0 Å². The SMILES string of the molecule is c1ccc(-c2ccc(-c3c4oc5cc(N(c6ccc7c(c6)C6(c8ccccc8-c8ccccc86)c6ccccc6-7)c6ccccc6-c6ccccc6)ccc5c4cc4oc5ccccc5c34)cc2)cc1. The molecule has 15 rings (SSSR count). The molecule has 13 aromatic rings. The highest BCUT2D eigenvalue weighted by atomic mass is 16.3. The second-order valence-corrected chi connectivity index (χ2v) is 18.7. The van der Waals surface area contributed by atoms with Gasteiger partial charge in [-0.25, -0.2) is 0 Å². The van der Waals surface area contributed by atoms with E-state index in [-0.39, 0.29) is 0 Å². The zero-order valence-corrected chi connectivity index (χ0v) is 37.9. The summed E-state index contributed by atoms with van der Waals surface area (Å²) in [5, 5.41) is 4.16. The molecular weight excluding hydrogens is 851 g/mol. The maximum Gasteiger partial charge on any atom is 0.144 e. The maximum absolute atomic E-state index is 7.26. The van der Waals surface area contributed by atoms with E-state index in [1.807, 2.05) is 6.07 Å². The van der Waals surface area contributed by atoms with E-state index in [0.717, 1.165) is 88.8 Å². The second-order valence-electron chi connectivity index (χ2n) is 18.7. The molecule has 2 heterocycles. The van der Waals surface area contributed by atoms with Gasteiger partial charge in [0.15, 0.2) is 0 Å². The molecule has 0 aliphatic heterocycles. The van der Waals surface area contributed by atoms with Gasteiger partial charge >= 0.3 is 0 Å². The van der Waals surface area contributed by atoms with Crippen LogP contribution >= 0.6 is 0 Å². The highest BCUT2D eigenvalue weighted by Gasteiger charge is 2.51. The standard InChI is InChI=1S/C67H41NO2/c1-3-17-42(18-4-1)43-31-33-45(34-32-43)64-65-54-25-11-16-30-61(54)69-63(65)41-55-53-38-36-47(40-62(53)70-66(55)64)68(60-29-15-10-21-48(60)44-19-5-2-6-20-44)46-35-37-52-51-24-9-14-28-58(51)67(59(52)39-46)56-26-12-7-22-49(56)50-23-8-13-27-57(50)67/h1-41H. The van der Waals surface area contributed by atoms with Crippen molar-refractivity contribution in [2.45, 2.75) is 5.41 Å². The number of hydrogen-bond acceptors (Lipinski definition) is 3. The van der Waals surface area contributed by atoms with Crippen LogP contribution in [-0.4, -0.2) is 0 Å². The van der Waals surface area contributed by atoms with Crippen molar-refractivity contribution >= 4 is 60.9 Å². The van der Waals surface area contributed by atoms with Gasteiger partial charge in [0.2, 0.25) is 0 Å². The Labute approximate surface area is 404 Å². The van der Waals surface area contributed by atoms with Crippen molar-refractivity contribution in [3.8, 4) is 55.6 Å². The van der Waals surface area contributed by atoms with Gasteiger partial charge in [-0.05, 0) is 109 Å². The molecule has 0 bridgehead atoms. The zero-order valence-electron chi connectivity index (χ0n) is 37.9. The highest BCUT2D eigenvalue weighted by molar-refractivity contribution is 6.23. The monoisotopic (exact) mass is 891 g/mol. The third-order valence-corrected chi connectivity index (χ3v) is 15.1. The van der Waals surface area contributed by atoms with Gasteiger partial charge in [0, 0.05) is 50.1 Å². The van der Waals surface area contributed by atoms with E-state index in [0.29, 0.717) is 0 Å². The molecule has 1 spiro atoms. The Kier molecular flexibility index (Phi) is 8.28. The van der Waals surface area contributed by atoms with Crippen molar-refractivity contribution in [2.75, 3.05) is 4.90 Å². The van der Waals surface area contributed by atoms with Crippen LogP contribution < -0.4 is 4.90 Å². The lowest BCUT2D eigenvalue weighted by atomic mass is 9.70. The first-order valence-corrected chi connectivity index (χ1v) is 24.1. The molecule has 0 fully saturated rings. The summed E-state index contributed by atoms with van der Waals surface area (Å²) < 4.78 is 13.9. The molecule has 0 saturated heterocycles. The van der Waals surface area contributed by atoms with Crippen molar-refractivity contribution in [3.05, 3.63) is 271 Å². The lowest BCUT2D eigenvalue weighted by molar-refractivity contribution is 0.664. The van der Waals surface area contributed by atoms with Crippen molar-refractivity contribution < 1.29 is 8.83 Å². The Morgan fingerprint density at radius 1 is 0.300 bits per heavy atom. The van der Waals surface area contributed by atoms with E-state index < -0.39 is 5.41 Å². The van der Waals surface area contributed by atoms with Gasteiger partial charge < -0.3 is 13.7 Å². The van der Waals surface area contributed by atoms with Crippen LogP contribution in [0, 0.1) is 0 Å². The quantitative estimate of drug-likeness (QED) is 0.167. The molecule has 3 heteroatoms. The molecule has 0 saturated carbocycles. The summed E-state index contributed by atoms with van der Waals surface area (Å²) in [6, 6.07) is 90.3. The summed E-state index contributed by atoms with van der Waals surface area (Å²) in [6.45, 7) is 0. The number of furan rings is 2. The second kappa shape index (κ2) is 14.9. The molecule has 0 radical (unpaired) electrons. The van der Waals surface area contributed by atoms with Crippen LogP contribution in [0.15, 0.2) is 258 Å². The number of benzene rings is 11. The fraction of sp³-hybridized carbons (Fsp3) is 0.0149. The Morgan fingerprint density at radius 2 is 0.829 bits per heavy atom. The van der Waals surface area contributed by atoms with Gasteiger partial charge in [-0.3, -0.25) is 0 Å². The molecule has 0 atom stereocenters. The first-order valence-electron chi connectivity index (χ1n) is 24.1. The van der Waals surface area contributed by atoms with Crippen LogP contribution in [0.1, 0.15) is 22.3 Å². The third-order valence-electron chi connectivity index (χ3n) is 15.1. The Hall–Kier alpha value is -9.18. The maximum atomic E-state index is 7.26. The molecule has 0 N–H and O–H groups in total. The molecule has 3 nitrogen and oxygen atoms in total. The Bertz CT molecular complexity index is 4170. The number of para-hydroxylation sites is 2. The topological polar surface area (TPSA) is 29.5 Å². The van der Waals surface area contributed by atoms with Crippen LogP contribution in [0.2, 0.25) is 0 Å². The molecule has 11 aromatic carbocycles. The number of rotatable bonds is 6. The number of fused-ring (bicyclic) bond motifs is 16. The smallest absolute Gasteiger partial charge is 0.144 e. The molecule has 2 aromatic heterocycles. The minimum atomic E-state index is -0.487. The Morgan fingerprint density at radius 3 is 1.53 bits per heavy atom. The Balaban J connectivity index is 0.974. The lowest BCUT2D eigenvalue weighted by Crippen LogP contribution is -2.26. The number of nitrogens with zero attached hydrogens (tertiary/aromatic N) is 1. The fourth-order valence-electron chi connectivity index (χ4n) is 12.2. The van der Waals surface area contributed by atoms with E-state index in [4.69, 9.17) is 8.83 Å². The van der Waals surface area contributed by atoms with Gasteiger partial charge in [-0.2, -0.15) is 0 Å². The molecule has 70 heavy (non-hydrogen) atoms. The normalized spacial score (nSPS) is 13.0. The van der Waals surface area contributed by atoms with Crippen LogP contribution in [0.4, 0.5) is 17.1 Å².